The molecule has 3 aromatic rings. The summed E-state index contributed by atoms with van der Waals surface area (Å²) in [6.07, 6.45) is 0. The SMILES string of the molecule is CC(C)c1nc(SCc2cc([N+](=O)[O-])cc3c2OCOC3)nn1-c1ccccc1. The van der Waals surface area contributed by atoms with Crippen molar-refractivity contribution in [3.63, 3.8) is 0 Å². The van der Waals surface area contributed by atoms with Crippen LogP contribution in [0.5, 0.6) is 5.75 Å². The lowest BCUT2D eigenvalue weighted by Gasteiger charge is -2.20. The highest BCUT2D eigenvalue weighted by Crippen LogP contribution is 2.36. The summed E-state index contributed by atoms with van der Waals surface area (Å²) in [7, 11) is 0. The van der Waals surface area contributed by atoms with Crippen LogP contribution in [0.15, 0.2) is 47.6 Å². The number of nitrogens with zero attached hydrogens (tertiary/aromatic N) is 4. The van der Waals surface area contributed by atoms with Gasteiger partial charge in [0, 0.05) is 34.9 Å². The van der Waals surface area contributed by atoms with E-state index in [0.29, 0.717) is 28.8 Å². The maximum absolute atomic E-state index is 11.3. The summed E-state index contributed by atoms with van der Waals surface area (Å²) in [5.74, 6) is 2.17. The predicted molar refractivity (Wildman–Crippen MR) is 108 cm³/mol. The number of nitro groups is 1. The second kappa shape index (κ2) is 8.22. The molecule has 0 bridgehead atoms. The third-order valence-electron chi connectivity index (χ3n) is 4.47. The van der Waals surface area contributed by atoms with Crippen molar-refractivity contribution < 1.29 is 14.4 Å². The number of nitro benzene ring substituents is 1. The Morgan fingerprint density at radius 1 is 1.28 bits per heavy atom. The van der Waals surface area contributed by atoms with E-state index < -0.39 is 4.92 Å². The molecule has 2 aromatic carbocycles. The molecule has 0 amide bonds. The quantitative estimate of drug-likeness (QED) is 0.335. The van der Waals surface area contributed by atoms with E-state index in [2.05, 4.69) is 23.9 Å². The number of para-hydroxylation sites is 1. The highest BCUT2D eigenvalue weighted by Gasteiger charge is 2.22. The normalized spacial score (nSPS) is 13.2. The van der Waals surface area contributed by atoms with Crippen molar-refractivity contribution in [3.8, 4) is 11.4 Å². The van der Waals surface area contributed by atoms with Crippen LogP contribution in [-0.2, 0) is 17.1 Å². The fourth-order valence-electron chi connectivity index (χ4n) is 3.13. The molecule has 29 heavy (non-hydrogen) atoms. The summed E-state index contributed by atoms with van der Waals surface area (Å²) >= 11 is 1.43. The number of fused-ring (bicyclic) bond motifs is 1. The molecule has 0 radical (unpaired) electrons. The second-order valence-electron chi connectivity index (χ2n) is 6.90. The fourth-order valence-corrected chi connectivity index (χ4v) is 3.93. The molecule has 1 aliphatic rings. The Bertz CT molecular complexity index is 1040. The molecule has 0 unspecified atom stereocenters. The molecule has 1 aromatic heterocycles. The minimum atomic E-state index is -0.400. The van der Waals surface area contributed by atoms with Gasteiger partial charge in [-0.3, -0.25) is 10.1 Å². The summed E-state index contributed by atoms with van der Waals surface area (Å²) in [6, 6.07) is 12.9. The zero-order valence-corrected chi connectivity index (χ0v) is 16.9. The number of rotatable bonds is 6. The van der Waals surface area contributed by atoms with Gasteiger partial charge in [-0.1, -0.05) is 43.8 Å². The van der Waals surface area contributed by atoms with Crippen LogP contribution in [-0.4, -0.2) is 26.5 Å². The Labute approximate surface area is 172 Å². The smallest absolute Gasteiger partial charge is 0.270 e. The molecule has 2 heterocycles. The van der Waals surface area contributed by atoms with Crippen molar-refractivity contribution in [3.05, 3.63) is 69.5 Å². The molecular formula is C20H20N4O4S. The second-order valence-corrected chi connectivity index (χ2v) is 7.85. The molecule has 0 fully saturated rings. The Morgan fingerprint density at radius 2 is 2.07 bits per heavy atom. The van der Waals surface area contributed by atoms with Crippen LogP contribution in [0.4, 0.5) is 5.69 Å². The van der Waals surface area contributed by atoms with Crippen LogP contribution in [0.3, 0.4) is 0 Å². The summed E-state index contributed by atoms with van der Waals surface area (Å²) in [4.78, 5) is 15.6. The van der Waals surface area contributed by atoms with Crippen molar-refractivity contribution >= 4 is 17.4 Å². The number of benzene rings is 2. The maximum Gasteiger partial charge on any atom is 0.270 e. The van der Waals surface area contributed by atoms with Crippen LogP contribution < -0.4 is 4.74 Å². The molecular weight excluding hydrogens is 392 g/mol. The Hall–Kier alpha value is -2.91. The topological polar surface area (TPSA) is 92.3 Å². The van der Waals surface area contributed by atoms with Crippen molar-refractivity contribution in [1.82, 2.24) is 14.8 Å². The van der Waals surface area contributed by atoms with Gasteiger partial charge in [-0.15, -0.1) is 5.10 Å². The van der Waals surface area contributed by atoms with Gasteiger partial charge in [-0.05, 0) is 12.1 Å². The molecule has 0 spiro atoms. The standard InChI is InChI=1S/C20H20N4O4S/c1-13(2)19-21-20(22-23(19)16-6-4-3-5-7-16)29-11-15-9-17(24(25)26)8-14-10-27-12-28-18(14)15/h3-9,13H,10-12H2,1-2H3. The van der Waals surface area contributed by atoms with Gasteiger partial charge < -0.3 is 9.47 Å². The van der Waals surface area contributed by atoms with Crippen molar-refractivity contribution in [2.75, 3.05) is 6.79 Å². The molecule has 9 heteroatoms. The molecule has 0 saturated heterocycles. The number of hydrogen-bond donors (Lipinski definition) is 0. The predicted octanol–water partition coefficient (Wildman–Crippen LogP) is 4.46. The lowest BCUT2D eigenvalue weighted by Crippen LogP contribution is -2.13. The van der Waals surface area contributed by atoms with Gasteiger partial charge in [0.2, 0.25) is 5.16 Å². The summed E-state index contributed by atoms with van der Waals surface area (Å²) < 4.78 is 12.7. The van der Waals surface area contributed by atoms with Crippen LogP contribution in [0.2, 0.25) is 0 Å². The summed E-state index contributed by atoms with van der Waals surface area (Å²) in [5.41, 5.74) is 2.40. The van der Waals surface area contributed by atoms with Gasteiger partial charge in [0.25, 0.3) is 5.69 Å². The number of non-ortho nitro benzene ring substituents is 1. The van der Waals surface area contributed by atoms with Crippen LogP contribution in [0, 0.1) is 10.1 Å². The van der Waals surface area contributed by atoms with Crippen molar-refractivity contribution in [2.24, 2.45) is 0 Å². The van der Waals surface area contributed by atoms with Gasteiger partial charge in [0.15, 0.2) is 6.79 Å². The number of ether oxygens (including phenoxy) is 2. The van der Waals surface area contributed by atoms with Crippen molar-refractivity contribution in [1.29, 1.82) is 0 Å². The first-order chi connectivity index (χ1) is 14.0. The minimum Gasteiger partial charge on any atom is -0.467 e. The zero-order chi connectivity index (χ0) is 20.4. The highest BCUT2D eigenvalue weighted by atomic mass is 32.2. The average Bonchev–Trinajstić information content (AvgIpc) is 3.17. The zero-order valence-electron chi connectivity index (χ0n) is 16.1. The molecule has 150 valence electrons. The van der Waals surface area contributed by atoms with Gasteiger partial charge in [-0.2, -0.15) is 0 Å². The first-order valence-electron chi connectivity index (χ1n) is 9.19. The minimum absolute atomic E-state index is 0.0269. The van der Waals surface area contributed by atoms with E-state index in [1.807, 2.05) is 35.0 Å². The van der Waals surface area contributed by atoms with Gasteiger partial charge in [-0.25, -0.2) is 9.67 Å². The highest BCUT2D eigenvalue weighted by molar-refractivity contribution is 7.98. The van der Waals surface area contributed by atoms with E-state index in [0.717, 1.165) is 17.1 Å². The molecule has 0 N–H and O–H groups in total. The van der Waals surface area contributed by atoms with Crippen molar-refractivity contribution in [2.45, 2.75) is 37.3 Å². The number of aromatic nitrogens is 3. The van der Waals surface area contributed by atoms with Gasteiger partial charge >= 0.3 is 0 Å². The van der Waals surface area contributed by atoms with E-state index >= 15 is 0 Å². The number of thioether (sulfide) groups is 1. The fraction of sp³-hybridized carbons (Fsp3) is 0.300. The molecule has 0 atom stereocenters. The maximum atomic E-state index is 11.3. The summed E-state index contributed by atoms with van der Waals surface area (Å²) in [6.45, 7) is 4.58. The van der Waals surface area contributed by atoms with E-state index in [1.165, 1.54) is 17.8 Å². The van der Waals surface area contributed by atoms with Gasteiger partial charge in [0.1, 0.15) is 11.6 Å². The molecule has 8 nitrogen and oxygen atoms in total. The van der Waals surface area contributed by atoms with Crippen LogP contribution in [0.25, 0.3) is 5.69 Å². The lowest BCUT2D eigenvalue weighted by atomic mass is 10.1. The molecule has 4 rings (SSSR count). The van der Waals surface area contributed by atoms with Crippen LogP contribution in [0.1, 0.15) is 36.7 Å². The molecule has 0 saturated carbocycles. The Morgan fingerprint density at radius 3 is 2.79 bits per heavy atom. The first kappa shape index (κ1) is 19.4. The largest absolute Gasteiger partial charge is 0.467 e. The Kier molecular flexibility index (Phi) is 5.50. The van der Waals surface area contributed by atoms with Crippen LogP contribution >= 0.6 is 11.8 Å². The third kappa shape index (κ3) is 4.10. The molecule has 0 aliphatic carbocycles. The summed E-state index contributed by atoms with van der Waals surface area (Å²) in [5, 5.41) is 16.6. The van der Waals surface area contributed by atoms with Gasteiger partial charge in [0.05, 0.1) is 17.2 Å². The first-order valence-corrected chi connectivity index (χ1v) is 10.2. The third-order valence-corrected chi connectivity index (χ3v) is 5.36. The van der Waals surface area contributed by atoms with E-state index in [-0.39, 0.29) is 18.4 Å². The van der Waals surface area contributed by atoms with E-state index in [9.17, 15) is 10.1 Å². The average molecular weight is 412 g/mol. The molecule has 1 aliphatic heterocycles. The van der Waals surface area contributed by atoms with E-state index in [1.54, 1.807) is 6.07 Å². The lowest BCUT2D eigenvalue weighted by molar-refractivity contribution is -0.385. The number of hydrogen-bond acceptors (Lipinski definition) is 7. The Balaban J connectivity index is 1.63. The monoisotopic (exact) mass is 412 g/mol. The van der Waals surface area contributed by atoms with E-state index in [4.69, 9.17) is 9.47 Å².